The molecule has 38 heavy (non-hydrogen) atoms. The quantitative estimate of drug-likeness (QED) is 0.248. The van der Waals surface area contributed by atoms with Gasteiger partial charge in [0, 0.05) is 56.7 Å². The first-order chi connectivity index (χ1) is 18.6. The van der Waals surface area contributed by atoms with E-state index in [9.17, 15) is 4.79 Å². The molecule has 1 saturated heterocycles. The molecule has 4 rings (SSSR count). The maximum atomic E-state index is 11.7. The van der Waals surface area contributed by atoms with E-state index in [2.05, 4.69) is 64.4 Å². The normalized spacial score (nSPS) is 19.8. The van der Waals surface area contributed by atoms with E-state index in [1.807, 2.05) is 31.3 Å². The molecule has 7 heteroatoms. The van der Waals surface area contributed by atoms with Gasteiger partial charge in [-0.15, -0.1) is 0 Å². The monoisotopic (exact) mass is 519 g/mol. The Kier molecular flexibility index (Phi) is 10.4. The standard InChI is InChI=1S/C31H41N3O4/c1-24-31(23-38-29-10-9-26(21-32-2)27(20-29)22-35)30(11-14-34(24)16-15-33-12-4-5-13-33)25-7-6-8-28(19-25)37-18-17-36-3/h4-10,12-13,19-20,22,24,30-32H,11,14-18,21,23H2,1-3H3/t24-,30+,31-/m1/s1. The van der Waals surface area contributed by atoms with Crippen molar-refractivity contribution in [2.24, 2.45) is 5.92 Å². The zero-order valence-corrected chi connectivity index (χ0v) is 22.8. The molecule has 3 atom stereocenters. The highest BCUT2D eigenvalue weighted by atomic mass is 16.5. The number of nitrogens with zero attached hydrogens (tertiary/aromatic N) is 2. The van der Waals surface area contributed by atoms with Crippen molar-refractivity contribution in [3.05, 3.63) is 83.7 Å². The number of aromatic nitrogens is 1. The van der Waals surface area contributed by atoms with Crippen molar-refractivity contribution < 1.29 is 19.0 Å². The van der Waals surface area contributed by atoms with Crippen molar-refractivity contribution in [3.8, 4) is 11.5 Å². The number of carbonyl (C=O) groups excluding carboxylic acids is 1. The summed E-state index contributed by atoms with van der Waals surface area (Å²) in [5, 5.41) is 3.11. The van der Waals surface area contributed by atoms with E-state index >= 15 is 0 Å². The Balaban J connectivity index is 1.52. The fourth-order valence-electron chi connectivity index (χ4n) is 5.47. The number of hydrogen-bond acceptors (Lipinski definition) is 6. The fraction of sp³-hybridized carbons (Fsp3) is 0.452. The molecular formula is C31H41N3O4. The summed E-state index contributed by atoms with van der Waals surface area (Å²) in [6, 6.07) is 18.7. The number of rotatable bonds is 14. The van der Waals surface area contributed by atoms with Gasteiger partial charge < -0.3 is 24.1 Å². The fourth-order valence-corrected chi connectivity index (χ4v) is 5.47. The molecule has 0 bridgehead atoms. The number of ether oxygens (including phenoxy) is 3. The van der Waals surface area contributed by atoms with Crippen LogP contribution in [0.2, 0.25) is 0 Å². The Morgan fingerprint density at radius 2 is 1.82 bits per heavy atom. The molecule has 7 nitrogen and oxygen atoms in total. The van der Waals surface area contributed by atoms with Crippen molar-refractivity contribution in [3.63, 3.8) is 0 Å². The lowest BCUT2D eigenvalue weighted by Crippen LogP contribution is -2.49. The first-order valence-electron chi connectivity index (χ1n) is 13.5. The molecule has 0 amide bonds. The molecule has 1 aliphatic rings. The maximum absolute atomic E-state index is 11.7. The minimum Gasteiger partial charge on any atom is -0.493 e. The van der Waals surface area contributed by atoms with Crippen molar-refractivity contribution in [1.29, 1.82) is 0 Å². The summed E-state index contributed by atoms with van der Waals surface area (Å²) in [4.78, 5) is 14.3. The van der Waals surface area contributed by atoms with E-state index < -0.39 is 0 Å². The van der Waals surface area contributed by atoms with Gasteiger partial charge in [-0.2, -0.15) is 0 Å². The molecule has 1 aromatic heterocycles. The summed E-state index contributed by atoms with van der Waals surface area (Å²) in [6.45, 7) is 7.63. The van der Waals surface area contributed by atoms with Gasteiger partial charge in [0.25, 0.3) is 0 Å². The Morgan fingerprint density at radius 1 is 1.00 bits per heavy atom. The number of aldehydes is 1. The van der Waals surface area contributed by atoms with E-state index in [-0.39, 0.29) is 5.92 Å². The molecule has 204 valence electrons. The van der Waals surface area contributed by atoms with Crippen LogP contribution in [0, 0.1) is 5.92 Å². The Morgan fingerprint density at radius 3 is 2.58 bits per heavy atom. The lowest BCUT2D eigenvalue weighted by Gasteiger charge is -2.44. The molecular weight excluding hydrogens is 478 g/mol. The predicted octanol–water partition coefficient (Wildman–Crippen LogP) is 4.62. The van der Waals surface area contributed by atoms with E-state index in [0.717, 1.165) is 49.4 Å². The molecule has 1 aliphatic heterocycles. The number of nitrogens with one attached hydrogen (secondary N) is 1. The predicted molar refractivity (Wildman–Crippen MR) is 150 cm³/mol. The molecule has 0 aliphatic carbocycles. The molecule has 0 unspecified atom stereocenters. The molecule has 0 radical (unpaired) electrons. The molecule has 2 heterocycles. The lowest BCUT2D eigenvalue weighted by molar-refractivity contribution is 0.0538. The Labute approximate surface area is 226 Å². The van der Waals surface area contributed by atoms with E-state index in [0.29, 0.717) is 43.9 Å². The van der Waals surface area contributed by atoms with Crippen LogP contribution in [0.5, 0.6) is 11.5 Å². The lowest BCUT2D eigenvalue weighted by atomic mass is 9.76. The van der Waals surface area contributed by atoms with Gasteiger partial charge in [-0.3, -0.25) is 9.69 Å². The van der Waals surface area contributed by atoms with E-state index in [4.69, 9.17) is 14.2 Å². The summed E-state index contributed by atoms with van der Waals surface area (Å²) in [5.74, 6) is 2.23. The smallest absolute Gasteiger partial charge is 0.150 e. The van der Waals surface area contributed by atoms with Crippen molar-refractivity contribution in [1.82, 2.24) is 14.8 Å². The van der Waals surface area contributed by atoms with Crippen LogP contribution in [0.15, 0.2) is 67.0 Å². The van der Waals surface area contributed by atoms with Gasteiger partial charge in [-0.25, -0.2) is 0 Å². The molecule has 1 N–H and O–H groups in total. The molecule has 0 saturated carbocycles. The van der Waals surface area contributed by atoms with Gasteiger partial charge in [-0.05, 0) is 80.4 Å². The minimum absolute atomic E-state index is 0.277. The van der Waals surface area contributed by atoms with Crippen molar-refractivity contribution >= 4 is 6.29 Å². The second-order valence-electron chi connectivity index (χ2n) is 9.99. The largest absolute Gasteiger partial charge is 0.493 e. The van der Waals surface area contributed by atoms with Crippen LogP contribution < -0.4 is 14.8 Å². The first kappa shape index (κ1) is 27.9. The zero-order chi connectivity index (χ0) is 26.7. The summed E-state index contributed by atoms with van der Waals surface area (Å²) in [5.41, 5.74) is 2.92. The highest BCUT2D eigenvalue weighted by molar-refractivity contribution is 5.78. The van der Waals surface area contributed by atoms with Crippen LogP contribution >= 0.6 is 0 Å². The van der Waals surface area contributed by atoms with Crippen molar-refractivity contribution in [2.45, 2.75) is 38.4 Å². The first-order valence-corrected chi connectivity index (χ1v) is 13.5. The molecule has 2 aromatic carbocycles. The van der Waals surface area contributed by atoms with Crippen LogP contribution in [0.4, 0.5) is 0 Å². The molecule has 1 fully saturated rings. The highest BCUT2D eigenvalue weighted by Crippen LogP contribution is 2.38. The number of methoxy groups -OCH3 is 1. The molecule has 0 spiro atoms. The van der Waals surface area contributed by atoms with Crippen LogP contribution in [-0.4, -0.2) is 68.9 Å². The third-order valence-corrected chi connectivity index (χ3v) is 7.65. The second kappa shape index (κ2) is 14.1. The second-order valence-corrected chi connectivity index (χ2v) is 9.99. The average molecular weight is 520 g/mol. The Bertz CT molecular complexity index is 1130. The summed E-state index contributed by atoms with van der Waals surface area (Å²) in [6.07, 6.45) is 6.20. The summed E-state index contributed by atoms with van der Waals surface area (Å²) < 4.78 is 19.7. The third-order valence-electron chi connectivity index (χ3n) is 7.65. The summed E-state index contributed by atoms with van der Waals surface area (Å²) in [7, 11) is 3.56. The van der Waals surface area contributed by atoms with Gasteiger partial charge in [0.05, 0.1) is 13.2 Å². The highest BCUT2D eigenvalue weighted by Gasteiger charge is 2.36. The number of carbonyl (C=O) groups is 1. The van der Waals surface area contributed by atoms with Gasteiger partial charge in [0.1, 0.15) is 18.1 Å². The van der Waals surface area contributed by atoms with Crippen LogP contribution in [0.3, 0.4) is 0 Å². The van der Waals surface area contributed by atoms with Crippen molar-refractivity contribution in [2.75, 3.05) is 47.1 Å². The van der Waals surface area contributed by atoms with Gasteiger partial charge in [0.15, 0.2) is 6.29 Å². The maximum Gasteiger partial charge on any atom is 0.150 e. The number of likely N-dealkylation sites (tertiary alicyclic amines) is 1. The van der Waals surface area contributed by atoms with Gasteiger partial charge >= 0.3 is 0 Å². The average Bonchev–Trinajstić information content (AvgIpc) is 3.46. The van der Waals surface area contributed by atoms with Gasteiger partial charge in [0.2, 0.25) is 0 Å². The number of hydrogen-bond donors (Lipinski definition) is 1. The number of benzene rings is 2. The minimum atomic E-state index is 0.277. The zero-order valence-electron chi connectivity index (χ0n) is 22.8. The van der Waals surface area contributed by atoms with Crippen LogP contribution in [0.25, 0.3) is 0 Å². The topological polar surface area (TPSA) is 65.0 Å². The summed E-state index contributed by atoms with van der Waals surface area (Å²) >= 11 is 0. The van der Waals surface area contributed by atoms with E-state index in [1.54, 1.807) is 7.11 Å². The van der Waals surface area contributed by atoms with Gasteiger partial charge in [-0.1, -0.05) is 18.2 Å². The molecule has 3 aromatic rings. The van der Waals surface area contributed by atoms with Crippen LogP contribution in [0.1, 0.15) is 40.7 Å². The third kappa shape index (κ3) is 7.25. The van der Waals surface area contributed by atoms with Crippen LogP contribution in [-0.2, 0) is 17.8 Å². The number of piperidine rings is 1. The van der Waals surface area contributed by atoms with E-state index in [1.165, 1.54) is 5.56 Å². The Hall–Kier alpha value is -3.13. The SMILES string of the molecule is CNCc1ccc(OC[C@@H]2[C@@H](C)N(CCn3cccc3)CC[C@H]2c2cccc(OCCOC)c2)cc1C=O.